The highest BCUT2D eigenvalue weighted by atomic mass is 35.5. The Morgan fingerprint density at radius 3 is 3.05 bits per heavy atom. The van der Waals surface area contributed by atoms with E-state index < -0.39 is 0 Å². The molecule has 0 bridgehead atoms. The quantitative estimate of drug-likeness (QED) is 0.931. The maximum Gasteiger partial charge on any atom is 0.247 e. The minimum atomic E-state index is -0.140. The zero-order valence-electron chi connectivity index (χ0n) is 11.5. The molecule has 1 fully saturated rings. The maximum atomic E-state index is 6.01. The van der Waals surface area contributed by atoms with Gasteiger partial charge in [0.2, 0.25) is 11.7 Å². The van der Waals surface area contributed by atoms with Gasteiger partial charge < -0.3 is 9.84 Å². The van der Waals surface area contributed by atoms with Crippen LogP contribution in [0.25, 0.3) is 11.4 Å². The minimum Gasteiger partial charge on any atom is -0.337 e. The van der Waals surface area contributed by atoms with Crippen molar-refractivity contribution in [1.82, 2.24) is 15.5 Å². The molecular formula is C15H18ClN3O. The van der Waals surface area contributed by atoms with Crippen molar-refractivity contribution >= 4 is 11.6 Å². The second kappa shape index (κ2) is 5.54. The van der Waals surface area contributed by atoms with E-state index in [2.05, 4.69) is 22.4 Å². The van der Waals surface area contributed by atoms with Crippen LogP contribution in [0.15, 0.2) is 28.8 Å². The molecule has 0 amide bonds. The number of aromatic nitrogens is 2. The third-order valence-corrected chi connectivity index (χ3v) is 4.07. The van der Waals surface area contributed by atoms with Crippen LogP contribution in [0.3, 0.4) is 0 Å². The summed E-state index contributed by atoms with van der Waals surface area (Å²) in [6.45, 7) is 3.19. The monoisotopic (exact) mass is 291 g/mol. The first-order valence-electron chi connectivity index (χ1n) is 7.09. The molecule has 0 radical (unpaired) electrons. The number of hydrogen-bond acceptors (Lipinski definition) is 4. The molecule has 1 aliphatic rings. The molecule has 20 heavy (non-hydrogen) atoms. The van der Waals surface area contributed by atoms with Gasteiger partial charge in [0, 0.05) is 10.6 Å². The van der Waals surface area contributed by atoms with Crippen LogP contribution in [0.4, 0.5) is 0 Å². The van der Waals surface area contributed by atoms with E-state index in [-0.39, 0.29) is 5.54 Å². The van der Waals surface area contributed by atoms with Crippen LogP contribution in [0.2, 0.25) is 5.02 Å². The molecule has 1 N–H and O–H groups in total. The average molecular weight is 292 g/mol. The summed E-state index contributed by atoms with van der Waals surface area (Å²) in [4.78, 5) is 4.60. The standard InChI is InChI=1S/C15H18ClN3O/c1-2-7-15(8-4-9-17-15)14-18-13(19-20-14)11-5-3-6-12(16)10-11/h3,5-6,10,17H,2,4,7-9H2,1H3. The highest BCUT2D eigenvalue weighted by Gasteiger charge is 2.39. The van der Waals surface area contributed by atoms with Crippen LogP contribution in [-0.4, -0.2) is 16.7 Å². The van der Waals surface area contributed by atoms with Crippen molar-refractivity contribution in [2.24, 2.45) is 0 Å². The molecule has 0 aliphatic carbocycles. The number of rotatable bonds is 4. The van der Waals surface area contributed by atoms with E-state index in [1.807, 2.05) is 24.3 Å². The minimum absolute atomic E-state index is 0.140. The molecule has 2 heterocycles. The fourth-order valence-electron chi connectivity index (χ4n) is 2.90. The van der Waals surface area contributed by atoms with Crippen molar-refractivity contribution in [2.45, 2.75) is 38.1 Å². The van der Waals surface area contributed by atoms with Crippen LogP contribution in [0.1, 0.15) is 38.5 Å². The molecule has 5 heteroatoms. The Bertz CT molecular complexity index is 590. The lowest BCUT2D eigenvalue weighted by molar-refractivity contribution is 0.241. The molecule has 1 aliphatic heterocycles. The lowest BCUT2D eigenvalue weighted by Crippen LogP contribution is -2.36. The van der Waals surface area contributed by atoms with E-state index in [0.29, 0.717) is 16.7 Å². The van der Waals surface area contributed by atoms with Gasteiger partial charge in [-0.25, -0.2) is 0 Å². The molecule has 2 aromatic rings. The molecule has 1 saturated heterocycles. The second-order valence-corrected chi connectivity index (χ2v) is 5.73. The maximum absolute atomic E-state index is 6.01. The Labute approximate surface area is 123 Å². The SMILES string of the molecule is CCCC1(c2nc(-c3cccc(Cl)c3)no2)CCCN1. The molecule has 1 aromatic carbocycles. The fourth-order valence-corrected chi connectivity index (χ4v) is 3.09. The van der Waals surface area contributed by atoms with Crippen LogP contribution in [-0.2, 0) is 5.54 Å². The van der Waals surface area contributed by atoms with E-state index in [4.69, 9.17) is 16.1 Å². The summed E-state index contributed by atoms with van der Waals surface area (Å²) >= 11 is 6.01. The van der Waals surface area contributed by atoms with Crippen LogP contribution >= 0.6 is 11.6 Å². The summed E-state index contributed by atoms with van der Waals surface area (Å²) in [6.07, 6.45) is 4.30. The van der Waals surface area contributed by atoms with Gasteiger partial charge in [-0.1, -0.05) is 42.2 Å². The third kappa shape index (κ3) is 2.45. The summed E-state index contributed by atoms with van der Waals surface area (Å²) in [5, 5.41) is 8.33. The van der Waals surface area contributed by atoms with E-state index in [0.717, 1.165) is 37.8 Å². The lowest BCUT2D eigenvalue weighted by atomic mass is 9.92. The summed E-state index contributed by atoms with van der Waals surface area (Å²) in [7, 11) is 0. The normalized spacial score (nSPS) is 22.3. The molecular weight excluding hydrogens is 274 g/mol. The van der Waals surface area contributed by atoms with Crippen molar-refractivity contribution < 1.29 is 4.52 Å². The van der Waals surface area contributed by atoms with E-state index in [9.17, 15) is 0 Å². The Morgan fingerprint density at radius 1 is 1.45 bits per heavy atom. The van der Waals surface area contributed by atoms with Gasteiger partial charge in [0.25, 0.3) is 0 Å². The van der Waals surface area contributed by atoms with E-state index in [1.54, 1.807) is 0 Å². The second-order valence-electron chi connectivity index (χ2n) is 5.30. The van der Waals surface area contributed by atoms with Gasteiger partial charge in [0.1, 0.15) is 0 Å². The van der Waals surface area contributed by atoms with Crippen LogP contribution in [0.5, 0.6) is 0 Å². The van der Waals surface area contributed by atoms with Crippen molar-refractivity contribution in [1.29, 1.82) is 0 Å². The predicted octanol–water partition coefficient (Wildman–Crippen LogP) is 3.77. The Balaban J connectivity index is 1.93. The zero-order chi connectivity index (χ0) is 14.0. The van der Waals surface area contributed by atoms with Crippen LogP contribution < -0.4 is 5.32 Å². The highest BCUT2D eigenvalue weighted by molar-refractivity contribution is 6.30. The molecule has 1 unspecified atom stereocenters. The van der Waals surface area contributed by atoms with E-state index in [1.165, 1.54) is 0 Å². The van der Waals surface area contributed by atoms with Crippen molar-refractivity contribution in [3.05, 3.63) is 35.2 Å². The summed E-state index contributed by atoms with van der Waals surface area (Å²) in [5.41, 5.74) is 0.746. The smallest absolute Gasteiger partial charge is 0.247 e. The molecule has 1 aromatic heterocycles. The molecule has 1 atom stereocenters. The number of nitrogens with zero attached hydrogens (tertiary/aromatic N) is 2. The fraction of sp³-hybridized carbons (Fsp3) is 0.467. The zero-order valence-corrected chi connectivity index (χ0v) is 12.3. The van der Waals surface area contributed by atoms with Gasteiger partial charge in [-0.05, 0) is 37.9 Å². The topological polar surface area (TPSA) is 51.0 Å². The Hall–Kier alpha value is -1.39. The predicted molar refractivity (Wildman–Crippen MR) is 78.6 cm³/mol. The molecule has 0 spiro atoms. The number of benzene rings is 1. The van der Waals surface area contributed by atoms with Gasteiger partial charge in [-0.15, -0.1) is 0 Å². The number of nitrogens with one attached hydrogen (secondary N) is 1. The summed E-state index contributed by atoms with van der Waals surface area (Å²) < 4.78 is 5.53. The van der Waals surface area contributed by atoms with Gasteiger partial charge in [-0.2, -0.15) is 4.98 Å². The van der Waals surface area contributed by atoms with E-state index >= 15 is 0 Å². The Kier molecular flexibility index (Phi) is 3.76. The highest BCUT2D eigenvalue weighted by Crippen LogP contribution is 2.35. The van der Waals surface area contributed by atoms with Gasteiger partial charge in [0.05, 0.1) is 5.54 Å². The number of hydrogen-bond donors (Lipinski definition) is 1. The van der Waals surface area contributed by atoms with Crippen molar-refractivity contribution in [3.8, 4) is 11.4 Å². The molecule has 0 saturated carbocycles. The largest absolute Gasteiger partial charge is 0.337 e. The third-order valence-electron chi connectivity index (χ3n) is 3.84. The van der Waals surface area contributed by atoms with Crippen molar-refractivity contribution in [2.75, 3.05) is 6.54 Å². The first-order valence-corrected chi connectivity index (χ1v) is 7.46. The first-order chi connectivity index (χ1) is 9.73. The van der Waals surface area contributed by atoms with Gasteiger partial charge in [0.15, 0.2) is 0 Å². The van der Waals surface area contributed by atoms with Gasteiger partial charge >= 0.3 is 0 Å². The average Bonchev–Trinajstić information content (AvgIpc) is 3.08. The molecule has 4 nitrogen and oxygen atoms in total. The number of halogens is 1. The first kappa shape index (κ1) is 13.6. The molecule has 106 valence electrons. The summed E-state index contributed by atoms with van der Waals surface area (Å²) in [6, 6.07) is 7.52. The summed E-state index contributed by atoms with van der Waals surface area (Å²) in [5.74, 6) is 1.30. The molecule has 3 rings (SSSR count). The van der Waals surface area contributed by atoms with Crippen molar-refractivity contribution in [3.63, 3.8) is 0 Å². The van der Waals surface area contributed by atoms with Crippen LogP contribution in [0, 0.1) is 0 Å². The van der Waals surface area contributed by atoms with Gasteiger partial charge in [-0.3, -0.25) is 0 Å². The Morgan fingerprint density at radius 2 is 2.35 bits per heavy atom. The lowest BCUT2D eigenvalue weighted by Gasteiger charge is -2.24.